The second kappa shape index (κ2) is 4.22. The summed E-state index contributed by atoms with van der Waals surface area (Å²) in [5.41, 5.74) is 0.164. The number of carbonyl (C=O) groups is 1. The summed E-state index contributed by atoms with van der Waals surface area (Å²) in [7, 11) is 0. The maximum absolute atomic E-state index is 10.9. The van der Waals surface area contributed by atoms with Crippen molar-refractivity contribution in [3.63, 3.8) is 0 Å². The highest BCUT2D eigenvalue weighted by Crippen LogP contribution is 2.27. The summed E-state index contributed by atoms with van der Waals surface area (Å²) < 4.78 is 0.745. The summed E-state index contributed by atoms with van der Waals surface area (Å²) >= 11 is 7.22. The summed E-state index contributed by atoms with van der Waals surface area (Å²) in [6.45, 7) is 1.57. The molecule has 0 atom stereocenters. The Hall–Kier alpha value is -0.690. The summed E-state index contributed by atoms with van der Waals surface area (Å²) in [6.07, 6.45) is 0. The second-order valence-corrected chi connectivity index (χ2v) is 4.24. The van der Waals surface area contributed by atoms with E-state index in [1.807, 2.05) is 22.6 Å². The maximum atomic E-state index is 10.9. The van der Waals surface area contributed by atoms with Crippen molar-refractivity contribution in [2.24, 2.45) is 0 Å². The van der Waals surface area contributed by atoms with Gasteiger partial charge in [0, 0.05) is 9.13 Å². The van der Waals surface area contributed by atoms with Gasteiger partial charge in [0.05, 0.1) is 4.92 Å². The molecule has 1 aromatic carbocycles. The van der Waals surface area contributed by atoms with Crippen LogP contribution in [0.4, 0.5) is 5.69 Å². The molecule has 0 N–H and O–H groups in total. The minimum atomic E-state index is -0.807. The zero-order valence-corrected chi connectivity index (χ0v) is 10.00. The smallest absolute Gasteiger partial charge is 0.275 e. The van der Waals surface area contributed by atoms with Gasteiger partial charge in [-0.05, 0) is 53.2 Å². The van der Waals surface area contributed by atoms with Crippen LogP contribution in [-0.2, 0) is 0 Å². The molecule has 0 aliphatic carbocycles. The Labute approximate surface area is 98.5 Å². The first kappa shape index (κ1) is 11.4. The van der Waals surface area contributed by atoms with E-state index >= 15 is 0 Å². The van der Waals surface area contributed by atoms with Crippen molar-refractivity contribution in [1.29, 1.82) is 0 Å². The Morgan fingerprint density at radius 1 is 1.57 bits per heavy atom. The first-order valence-electron chi connectivity index (χ1n) is 3.58. The molecule has 0 aromatic heterocycles. The Kier molecular flexibility index (Phi) is 3.43. The molecule has 14 heavy (non-hydrogen) atoms. The standard InChI is InChI=1S/C8H5ClINO3/c1-4-2-5(10)3-6(8(9)12)7(4)11(13)14/h2-3H,1H3. The van der Waals surface area contributed by atoms with Gasteiger partial charge in [-0.1, -0.05) is 0 Å². The molecule has 0 spiro atoms. The minimum absolute atomic E-state index is 0.0546. The first-order chi connectivity index (χ1) is 6.43. The van der Waals surface area contributed by atoms with Crippen LogP contribution in [0.3, 0.4) is 0 Å². The average Bonchev–Trinajstić information content (AvgIpc) is 2.01. The number of halogens is 2. The van der Waals surface area contributed by atoms with Crippen LogP contribution in [0.15, 0.2) is 12.1 Å². The highest BCUT2D eigenvalue weighted by atomic mass is 127. The van der Waals surface area contributed by atoms with Crippen molar-refractivity contribution in [2.45, 2.75) is 6.92 Å². The topological polar surface area (TPSA) is 60.2 Å². The molecule has 4 nitrogen and oxygen atoms in total. The number of carbonyl (C=O) groups excluding carboxylic acids is 1. The zero-order valence-electron chi connectivity index (χ0n) is 7.08. The minimum Gasteiger partial charge on any atom is -0.275 e. The molecule has 0 saturated carbocycles. The number of nitro groups is 1. The second-order valence-electron chi connectivity index (χ2n) is 2.65. The van der Waals surface area contributed by atoms with E-state index in [4.69, 9.17) is 11.6 Å². The van der Waals surface area contributed by atoms with Crippen LogP contribution < -0.4 is 0 Å². The van der Waals surface area contributed by atoms with Gasteiger partial charge in [-0.2, -0.15) is 0 Å². The van der Waals surface area contributed by atoms with Crippen LogP contribution in [0.25, 0.3) is 0 Å². The molecule has 1 rings (SSSR count). The van der Waals surface area contributed by atoms with Crippen LogP contribution in [0.2, 0.25) is 0 Å². The van der Waals surface area contributed by atoms with Gasteiger partial charge in [0.25, 0.3) is 10.9 Å². The molecule has 6 heteroatoms. The molecule has 0 amide bonds. The number of aryl methyl sites for hydroxylation is 1. The number of nitro benzene ring substituents is 1. The first-order valence-corrected chi connectivity index (χ1v) is 5.03. The van der Waals surface area contributed by atoms with Crippen molar-refractivity contribution in [3.8, 4) is 0 Å². The molecule has 0 aliphatic heterocycles. The lowest BCUT2D eigenvalue weighted by molar-refractivity contribution is -0.385. The molecule has 1 aromatic rings. The highest BCUT2D eigenvalue weighted by molar-refractivity contribution is 14.1. The Bertz CT molecular complexity index is 419. The lowest BCUT2D eigenvalue weighted by atomic mass is 10.1. The molecule has 0 fully saturated rings. The molecule has 0 aliphatic rings. The van der Waals surface area contributed by atoms with Gasteiger partial charge in [-0.3, -0.25) is 14.9 Å². The molecule has 74 valence electrons. The van der Waals surface area contributed by atoms with E-state index in [1.54, 1.807) is 13.0 Å². The van der Waals surface area contributed by atoms with E-state index in [0.717, 1.165) is 3.57 Å². The van der Waals surface area contributed by atoms with Crippen molar-refractivity contribution >= 4 is 45.1 Å². The molecule has 0 heterocycles. The van der Waals surface area contributed by atoms with E-state index in [1.165, 1.54) is 6.07 Å². The lowest BCUT2D eigenvalue weighted by Crippen LogP contribution is -2.01. The fourth-order valence-electron chi connectivity index (χ4n) is 1.13. The van der Waals surface area contributed by atoms with E-state index in [2.05, 4.69) is 0 Å². The third-order valence-corrected chi connectivity index (χ3v) is 2.49. The third-order valence-electron chi connectivity index (χ3n) is 1.66. The van der Waals surface area contributed by atoms with E-state index in [-0.39, 0.29) is 11.3 Å². The summed E-state index contributed by atoms with van der Waals surface area (Å²) in [4.78, 5) is 21.0. The fraction of sp³-hybridized carbons (Fsp3) is 0.125. The number of hydrogen-bond donors (Lipinski definition) is 0. The van der Waals surface area contributed by atoms with Crippen LogP contribution in [0, 0.1) is 20.6 Å². The van der Waals surface area contributed by atoms with Crippen molar-refractivity contribution < 1.29 is 9.72 Å². The van der Waals surface area contributed by atoms with Crippen LogP contribution in [0.5, 0.6) is 0 Å². The molecule has 0 saturated heterocycles. The molecule has 0 radical (unpaired) electrons. The quantitative estimate of drug-likeness (QED) is 0.363. The van der Waals surface area contributed by atoms with Crippen molar-refractivity contribution in [3.05, 3.63) is 36.9 Å². The van der Waals surface area contributed by atoms with E-state index in [9.17, 15) is 14.9 Å². The summed E-state index contributed by atoms with van der Waals surface area (Å²) in [5.74, 6) is 0. The maximum Gasteiger partial charge on any atom is 0.284 e. The summed E-state index contributed by atoms with van der Waals surface area (Å²) in [6, 6.07) is 3.03. The normalized spacial score (nSPS) is 9.93. The van der Waals surface area contributed by atoms with Gasteiger partial charge in [0.15, 0.2) is 0 Å². The summed E-state index contributed by atoms with van der Waals surface area (Å²) in [5, 5.41) is 9.84. The SMILES string of the molecule is Cc1cc(I)cc(C(=O)Cl)c1[N+](=O)[O-]. The van der Waals surface area contributed by atoms with Crippen LogP contribution in [-0.4, -0.2) is 10.2 Å². The predicted octanol–water partition coefficient (Wildman–Crippen LogP) is 2.89. The largest absolute Gasteiger partial charge is 0.284 e. The van der Waals surface area contributed by atoms with Gasteiger partial charge in [0.1, 0.15) is 5.56 Å². The monoisotopic (exact) mass is 325 g/mol. The van der Waals surface area contributed by atoms with E-state index < -0.39 is 10.2 Å². The molecular formula is C8H5ClINO3. The Balaban J connectivity index is 3.52. The van der Waals surface area contributed by atoms with Crippen molar-refractivity contribution in [2.75, 3.05) is 0 Å². The van der Waals surface area contributed by atoms with Crippen LogP contribution >= 0.6 is 34.2 Å². The molecule has 0 bridgehead atoms. The van der Waals surface area contributed by atoms with Crippen LogP contribution in [0.1, 0.15) is 15.9 Å². The number of rotatable bonds is 2. The number of nitrogens with zero attached hydrogens (tertiary/aromatic N) is 1. The third kappa shape index (κ3) is 2.21. The average molecular weight is 325 g/mol. The van der Waals surface area contributed by atoms with Gasteiger partial charge >= 0.3 is 0 Å². The highest BCUT2D eigenvalue weighted by Gasteiger charge is 2.22. The van der Waals surface area contributed by atoms with Crippen molar-refractivity contribution in [1.82, 2.24) is 0 Å². The van der Waals surface area contributed by atoms with Gasteiger partial charge < -0.3 is 0 Å². The zero-order chi connectivity index (χ0) is 10.9. The predicted molar refractivity (Wildman–Crippen MR) is 60.7 cm³/mol. The Morgan fingerprint density at radius 3 is 2.57 bits per heavy atom. The molecule has 0 unspecified atom stereocenters. The van der Waals surface area contributed by atoms with Gasteiger partial charge in [-0.25, -0.2) is 0 Å². The van der Waals surface area contributed by atoms with Gasteiger partial charge in [0.2, 0.25) is 0 Å². The van der Waals surface area contributed by atoms with E-state index in [0.29, 0.717) is 5.56 Å². The Morgan fingerprint density at radius 2 is 2.14 bits per heavy atom. The molecular weight excluding hydrogens is 320 g/mol. The fourth-order valence-corrected chi connectivity index (χ4v) is 2.05. The number of benzene rings is 1. The van der Waals surface area contributed by atoms with Gasteiger partial charge in [-0.15, -0.1) is 0 Å². The lowest BCUT2D eigenvalue weighted by Gasteiger charge is -2.02. The number of hydrogen-bond acceptors (Lipinski definition) is 3.